The number of benzene rings is 1. The van der Waals surface area contributed by atoms with Gasteiger partial charge < -0.3 is 14.9 Å². The molecule has 24 heavy (non-hydrogen) atoms. The highest BCUT2D eigenvalue weighted by Gasteiger charge is 2.28. The van der Waals surface area contributed by atoms with Crippen LogP contribution >= 0.6 is 0 Å². The van der Waals surface area contributed by atoms with E-state index in [9.17, 15) is 9.90 Å². The highest BCUT2D eigenvalue weighted by molar-refractivity contribution is 5.74. The van der Waals surface area contributed by atoms with Gasteiger partial charge in [-0.3, -0.25) is 4.79 Å². The van der Waals surface area contributed by atoms with Crippen LogP contribution in [0.15, 0.2) is 34.9 Å². The Kier molecular flexibility index (Phi) is 4.71. The highest BCUT2D eigenvalue weighted by Crippen LogP contribution is 2.40. The lowest BCUT2D eigenvalue weighted by molar-refractivity contribution is -0.146. The zero-order valence-corrected chi connectivity index (χ0v) is 14.2. The van der Waals surface area contributed by atoms with Crippen LogP contribution in [-0.4, -0.2) is 16.2 Å². The number of nitrogens with zero attached hydrogens (tertiary/aromatic N) is 1. The summed E-state index contributed by atoms with van der Waals surface area (Å²) in [5, 5.41) is 16.6. The Hall–Kier alpha value is -2.14. The predicted octanol–water partition coefficient (Wildman–Crippen LogP) is 3.50. The van der Waals surface area contributed by atoms with Crippen LogP contribution < -0.4 is 5.32 Å². The van der Waals surface area contributed by atoms with Crippen LogP contribution in [0, 0.1) is 5.41 Å². The minimum atomic E-state index is -0.772. The Labute approximate surface area is 142 Å². The van der Waals surface area contributed by atoms with Gasteiger partial charge in [0.1, 0.15) is 5.76 Å². The first-order valence-corrected chi connectivity index (χ1v) is 8.41. The molecule has 1 aromatic heterocycles. The van der Waals surface area contributed by atoms with Crippen LogP contribution in [0.1, 0.15) is 55.2 Å². The van der Waals surface area contributed by atoms with E-state index >= 15 is 0 Å². The number of carboxylic acid groups (broad SMARTS) is 1. The van der Waals surface area contributed by atoms with Gasteiger partial charge in [0.15, 0.2) is 0 Å². The standard InChI is InChI=1S/C19H24N2O3/c1-19(2,18(22)23)10-13-3-5-14(6-4-13)11-20-12-16-9-17(24-21-16)15-7-8-15/h3-6,9,15,20H,7-8,10-12H2,1-2H3,(H,22,23). The van der Waals surface area contributed by atoms with E-state index in [-0.39, 0.29) is 0 Å². The molecule has 1 aromatic carbocycles. The summed E-state index contributed by atoms with van der Waals surface area (Å²) in [7, 11) is 0. The minimum absolute atomic E-state index is 0.527. The van der Waals surface area contributed by atoms with Gasteiger partial charge >= 0.3 is 5.97 Å². The van der Waals surface area contributed by atoms with Crippen molar-refractivity contribution in [2.75, 3.05) is 0 Å². The molecule has 1 aliphatic carbocycles. The Bertz CT molecular complexity index is 700. The summed E-state index contributed by atoms with van der Waals surface area (Å²) in [6.45, 7) is 4.93. The fourth-order valence-corrected chi connectivity index (χ4v) is 2.67. The molecule has 5 nitrogen and oxygen atoms in total. The molecule has 0 spiro atoms. The fraction of sp³-hybridized carbons (Fsp3) is 0.474. The number of carboxylic acids is 1. The number of aromatic nitrogens is 1. The van der Waals surface area contributed by atoms with E-state index in [1.54, 1.807) is 13.8 Å². The van der Waals surface area contributed by atoms with E-state index in [0.717, 1.165) is 29.1 Å². The van der Waals surface area contributed by atoms with E-state index in [2.05, 4.69) is 10.5 Å². The molecule has 5 heteroatoms. The average molecular weight is 328 g/mol. The third kappa shape index (κ3) is 4.23. The molecule has 0 aliphatic heterocycles. The summed E-state index contributed by atoms with van der Waals surface area (Å²) in [6.07, 6.45) is 2.96. The number of hydrogen-bond donors (Lipinski definition) is 2. The van der Waals surface area contributed by atoms with Gasteiger partial charge in [-0.25, -0.2) is 0 Å². The fourth-order valence-electron chi connectivity index (χ4n) is 2.67. The molecule has 1 aliphatic rings. The lowest BCUT2D eigenvalue weighted by Crippen LogP contribution is -2.26. The maximum absolute atomic E-state index is 11.2. The molecule has 2 N–H and O–H groups in total. The Morgan fingerprint density at radius 3 is 2.54 bits per heavy atom. The second kappa shape index (κ2) is 6.77. The first kappa shape index (κ1) is 16.7. The van der Waals surface area contributed by atoms with E-state index < -0.39 is 11.4 Å². The predicted molar refractivity (Wildman–Crippen MR) is 90.6 cm³/mol. The first-order valence-electron chi connectivity index (χ1n) is 8.41. The Morgan fingerprint density at radius 1 is 1.25 bits per heavy atom. The van der Waals surface area contributed by atoms with E-state index in [0.29, 0.717) is 18.9 Å². The van der Waals surface area contributed by atoms with Gasteiger partial charge in [0.2, 0.25) is 0 Å². The zero-order chi connectivity index (χ0) is 17.2. The van der Waals surface area contributed by atoms with Crippen LogP contribution in [0.4, 0.5) is 0 Å². The molecule has 0 bridgehead atoms. The monoisotopic (exact) mass is 328 g/mol. The Morgan fingerprint density at radius 2 is 1.92 bits per heavy atom. The van der Waals surface area contributed by atoms with Crippen LogP contribution in [0.3, 0.4) is 0 Å². The number of nitrogens with one attached hydrogen (secondary N) is 1. The third-order valence-electron chi connectivity index (χ3n) is 4.44. The molecular formula is C19H24N2O3. The van der Waals surface area contributed by atoms with E-state index in [1.165, 1.54) is 12.8 Å². The van der Waals surface area contributed by atoms with Gasteiger partial charge in [-0.05, 0) is 44.2 Å². The summed E-state index contributed by atoms with van der Waals surface area (Å²) in [5.41, 5.74) is 2.40. The maximum atomic E-state index is 11.2. The second-order valence-electron chi connectivity index (χ2n) is 7.28. The molecule has 3 rings (SSSR count). The van der Waals surface area contributed by atoms with Gasteiger partial charge in [0.25, 0.3) is 0 Å². The molecule has 0 saturated heterocycles. The quantitative estimate of drug-likeness (QED) is 0.776. The van der Waals surface area contributed by atoms with E-state index in [1.807, 2.05) is 30.3 Å². The number of rotatable bonds is 8. The maximum Gasteiger partial charge on any atom is 0.309 e. The number of carbonyl (C=O) groups is 1. The molecule has 128 valence electrons. The summed E-state index contributed by atoms with van der Waals surface area (Å²) >= 11 is 0. The third-order valence-corrected chi connectivity index (χ3v) is 4.44. The van der Waals surface area contributed by atoms with Crippen molar-refractivity contribution < 1.29 is 14.4 Å². The molecule has 2 aromatic rings. The van der Waals surface area contributed by atoms with Crippen molar-refractivity contribution in [1.82, 2.24) is 10.5 Å². The SMILES string of the molecule is CC(C)(Cc1ccc(CNCc2cc(C3CC3)on2)cc1)C(=O)O. The van der Waals surface area contributed by atoms with Gasteiger partial charge in [-0.1, -0.05) is 29.4 Å². The summed E-state index contributed by atoms with van der Waals surface area (Å²) in [6, 6.07) is 10.1. The van der Waals surface area contributed by atoms with Gasteiger partial charge in [0.05, 0.1) is 11.1 Å². The van der Waals surface area contributed by atoms with Crippen LogP contribution in [0.25, 0.3) is 0 Å². The van der Waals surface area contributed by atoms with Crippen molar-refractivity contribution in [1.29, 1.82) is 0 Å². The summed E-state index contributed by atoms with van der Waals surface area (Å²) in [4.78, 5) is 11.2. The van der Waals surface area contributed by atoms with Crippen molar-refractivity contribution in [2.24, 2.45) is 5.41 Å². The van der Waals surface area contributed by atoms with Gasteiger partial charge in [-0.15, -0.1) is 0 Å². The van der Waals surface area contributed by atoms with Crippen LogP contribution in [0.2, 0.25) is 0 Å². The molecular weight excluding hydrogens is 304 g/mol. The average Bonchev–Trinajstić information content (AvgIpc) is 3.28. The molecule has 0 amide bonds. The van der Waals surface area contributed by atoms with Crippen molar-refractivity contribution in [3.63, 3.8) is 0 Å². The van der Waals surface area contributed by atoms with Gasteiger partial charge in [-0.2, -0.15) is 0 Å². The molecule has 0 atom stereocenters. The molecule has 0 unspecified atom stereocenters. The minimum Gasteiger partial charge on any atom is -0.481 e. The second-order valence-corrected chi connectivity index (χ2v) is 7.28. The summed E-state index contributed by atoms with van der Waals surface area (Å²) in [5.74, 6) is 0.831. The molecule has 1 saturated carbocycles. The largest absolute Gasteiger partial charge is 0.481 e. The van der Waals surface area contributed by atoms with Crippen molar-refractivity contribution in [3.05, 3.63) is 52.9 Å². The number of hydrogen-bond acceptors (Lipinski definition) is 4. The Balaban J connectivity index is 1.47. The topological polar surface area (TPSA) is 75.4 Å². The number of aliphatic carboxylic acids is 1. The zero-order valence-electron chi connectivity index (χ0n) is 14.2. The summed E-state index contributed by atoms with van der Waals surface area (Å²) < 4.78 is 5.33. The van der Waals surface area contributed by atoms with E-state index in [4.69, 9.17) is 4.52 Å². The lowest BCUT2D eigenvalue weighted by atomic mass is 9.86. The lowest BCUT2D eigenvalue weighted by Gasteiger charge is -2.19. The molecule has 1 heterocycles. The molecule has 1 fully saturated rings. The van der Waals surface area contributed by atoms with Gasteiger partial charge in [0, 0.05) is 25.1 Å². The van der Waals surface area contributed by atoms with Crippen LogP contribution in [-0.2, 0) is 24.3 Å². The smallest absolute Gasteiger partial charge is 0.309 e. The van der Waals surface area contributed by atoms with Crippen molar-refractivity contribution in [2.45, 2.75) is 52.1 Å². The van der Waals surface area contributed by atoms with Crippen molar-refractivity contribution in [3.8, 4) is 0 Å². The van der Waals surface area contributed by atoms with Crippen molar-refractivity contribution >= 4 is 5.97 Å². The normalized spacial score (nSPS) is 14.8. The first-order chi connectivity index (χ1) is 11.4. The highest BCUT2D eigenvalue weighted by atomic mass is 16.5. The molecule has 0 radical (unpaired) electrons. The van der Waals surface area contributed by atoms with Crippen LogP contribution in [0.5, 0.6) is 0 Å².